The SMILES string of the molecule is C.Nc1ccc(C(O)(c2ccccc2)C(F)(F)F)cc1. The Kier molecular flexibility index (Phi) is 4.45. The normalized spacial score (nSPS) is 14.2. The first kappa shape index (κ1) is 16.0. The molecule has 20 heavy (non-hydrogen) atoms. The molecule has 0 saturated carbocycles. The lowest BCUT2D eigenvalue weighted by atomic mass is 9.85. The van der Waals surface area contributed by atoms with E-state index in [0.717, 1.165) is 0 Å². The minimum absolute atomic E-state index is 0. The molecule has 1 atom stereocenters. The van der Waals surface area contributed by atoms with Crippen molar-refractivity contribution in [2.24, 2.45) is 0 Å². The second-order valence-corrected chi connectivity index (χ2v) is 4.20. The molecule has 2 rings (SSSR count). The highest BCUT2D eigenvalue weighted by Crippen LogP contribution is 2.44. The van der Waals surface area contributed by atoms with Gasteiger partial charge in [0.25, 0.3) is 0 Å². The van der Waals surface area contributed by atoms with E-state index in [1.54, 1.807) is 6.07 Å². The summed E-state index contributed by atoms with van der Waals surface area (Å²) in [6.07, 6.45) is -4.83. The highest BCUT2D eigenvalue weighted by Gasteiger charge is 2.56. The number of benzene rings is 2. The Morgan fingerprint density at radius 2 is 1.25 bits per heavy atom. The van der Waals surface area contributed by atoms with Gasteiger partial charge in [0.2, 0.25) is 5.60 Å². The van der Waals surface area contributed by atoms with Crippen LogP contribution >= 0.6 is 0 Å². The lowest BCUT2D eigenvalue weighted by Crippen LogP contribution is -2.43. The fourth-order valence-electron chi connectivity index (χ4n) is 1.90. The van der Waals surface area contributed by atoms with Gasteiger partial charge in [-0.1, -0.05) is 49.9 Å². The van der Waals surface area contributed by atoms with Crippen molar-refractivity contribution in [1.29, 1.82) is 0 Å². The molecule has 3 N–H and O–H groups in total. The molecule has 0 bridgehead atoms. The number of rotatable bonds is 2. The van der Waals surface area contributed by atoms with Crippen LogP contribution in [0.2, 0.25) is 0 Å². The fraction of sp³-hybridized carbons (Fsp3) is 0.200. The van der Waals surface area contributed by atoms with Crippen molar-refractivity contribution in [1.82, 2.24) is 0 Å². The Morgan fingerprint density at radius 3 is 1.70 bits per heavy atom. The average molecular weight is 283 g/mol. The molecule has 0 heterocycles. The Labute approximate surface area is 115 Å². The summed E-state index contributed by atoms with van der Waals surface area (Å²) in [6.45, 7) is 0. The minimum atomic E-state index is -4.83. The molecular formula is C15H16F3NO. The summed E-state index contributed by atoms with van der Waals surface area (Å²) >= 11 is 0. The third-order valence-corrected chi connectivity index (χ3v) is 2.93. The molecule has 0 fully saturated rings. The van der Waals surface area contributed by atoms with E-state index in [4.69, 9.17) is 5.73 Å². The predicted molar refractivity (Wildman–Crippen MR) is 73.1 cm³/mol. The van der Waals surface area contributed by atoms with Crippen LogP contribution in [-0.4, -0.2) is 11.3 Å². The summed E-state index contributed by atoms with van der Waals surface area (Å²) in [7, 11) is 0. The van der Waals surface area contributed by atoms with Gasteiger partial charge in [0.05, 0.1) is 0 Å². The van der Waals surface area contributed by atoms with Gasteiger partial charge >= 0.3 is 6.18 Å². The van der Waals surface area contributed by atoms with Gasteiger partial charge in [0.1, 0.15) is 0 Å². The first-order valence-electron chi connectivity index (χ1n) is 5.56. The lowest BCUT2D eigenvalue weighted by Gasteiger charge is -2.31. The molecule has 2 aromatic rings. The van der Waals surface area contributed by atoms with Crippen molar-refractivity contribution in [2.45, 2.75) is 19.2 Å². The lowest BCUT2D eigenvalue weighted by molar-refractivity contribution is -0.248. The quantitative estimate of drug-likeness (QED) is 0.825. The van der Waals surface area contributed by atoms with Crippen molar-refractivity contribution in [3.05, 3.63) is 65.7 Å². The Bertz CT molecular complexity index is 552. The number of anilines is 1. The highest BCUT2D eigenvalue weighted by molar-refractivity contribution is 5.45. The first-order chi connectivity index (χ1) is 8.85. The van der Waals surface area contributed by atoms with Crippen LogP contribution in [0.4, 0.5) is 18.9 Å². The molecule has 0 saturated heterocycles. The Hall–Kier alpha value is -2.01. The van der Waals surface area contributed by atoms with Crippen LogP contribution < -0.4 is 5.73 Å². The monoisotopic (exact) mass is 283 g/mol. The van der Waals surface area contributed by atoms with Gasteiger partial charge in [-0.3, -0.25) is 0 Å². The molecule has 0 aliphatic heterocycles. The van der Waals surface area contributed by atoms with Crippen molar-refractivity contribution >= 4 is 5.69 Å². The molecule has 0 aliphatic rings. The van der Waals surface area contributed by atoms with Crippen molar-refractivity contribution in [2.75, 3.05) is 5.73 Å². The zero-order valence-corrected chi connectivity index (χ0v) is 9.85. The van der Waals surface area contributed by atoms with Crippen LogP contribution in [-0.2, 0) is 5.60 Å². The number of alkyl halides is 3. The van der Waals surface area contributed by atoms with Gasteiger partial charge < -0.3 is 10.8 Å². The topological polar surface area (TPSA) is 46.2 Å². The summed E-state index contributed by atoms with van der Waals surface area (Å²) in [4.78, 5) is 0. The van der Waals surface area contributed by atoms with E-state index in [1.807, 2.05) is 0 Å². The zero-order chi connectivity index (χ0) is 14.1. The minimum Gasteiger partial charge on any atom is -0.399 e. The summed E-state index contributed by atoms with van der Waals surface area (Å²) in [5.41, 5.74) is 2.26. The van der Waals surface area contributed by atoms with E-state index in [9.17, 15) is 18.3 Å². The third kappa shape index (κ3) is 2.63. The van der Waals surface area contributed by atoms with E-state index >= 15 is 0 Å². The Balaban J connectivity index is 0.00000200. The second-order valence-electron chi connectivity index (χ2n) is 4.20. The summed E-state index contributed by atoms with van der Waals surface area (Å²) in [6, 6.07) is 12.0. The van der Waals surface area contributed by atoms with Gasteiger partial charge in [-0.2, -0.15) is 13.2 Å². The molecule has 2 aromatic carbocycles. The second kappa shape index (κ2) is 5.54. The largest absolute Gasteiger partial charge is 0.425 e. The van der Waals surface area contributed by atoms with Gasteiger partial charge in [-0.25, -0.2) is 0 Å². The number of aliphatic hydroxyl groups is 1. The number of halogens is 3. The van der Waals surface area contributed by atoms with Crippen LogP contribution in [0.1, 0.15) is 18.6 Å². The van der Waals surface area contributed by atoms with Crippen molar-refractivity contribution < 1.29 is 18.3 Å². The van der Waals surface area contributed by atoms with E-state index < -0.39 is 11.8 Å². The molecular weight excluding hydrogens is 267 g/mol. The summed E-state index contributed by atoms with van der Waals surface area (Å²) in [5, 5.41) is 10.2. The van der Waals surface area contributed by atoms with Gasteiger partial charge in [-0.05, 0) is 23.3 Å². The third-order valence-electron chi connectivity index (χ3n) is 2.93. The molecule has 108 valence electrons. The van der Waals surface area contributed by atoms with Crippen LogP contribution in [0.3, 0.4) is 0 Å². The maximum atomic E-state index is 13.3. The Morgan fingerprint density at radius 1 is 0.800 bits per heavy atom. The standard InChI is InChI=1S/C14H12F3NO.CH4/c15-14(16,17)13(19,10-4-2-1-3-5-10)11-6-8-12(18)9-7-11;/h1-9,19H,18H2;1H4. The molecule has 0 aromatic heterocycles. The smallest absolute Gasteiger partial charge is 0.399 e. The van der Waals surface area contributed by atoms with E-state index in [2.05, 4.69) is 0 Å². The van der Waals surface area contributed by atoms with Crippen molar-refractivity contribution in [3.8, 4) is 0 Å². The van der Waals surface area contributed by atoms with E-state index in [1.165, 1.54) is 48.5 Å². The van der Waals surface area contributed by atoms with Gasteiger partial charge in [0, 0.05) is 5.69 Å². The number of nitrogen functional groups attached to an aromatic ring is 1. The van der Waals surface area contributed by atoms with Crippen LogP contribution in [0.25, 0.3) is 0 Å². The summed E-state index contributed by atoms with van der Waals surface area (Å²) < 4.78 is 39.9. The first-order valence-corrected chi connectivity index (χ1v) is 5.56. The number of nitrogens with two attached hydrogens (primary N) is 1. The van der Waals surface area contributed by atoms with Crippen LogP contribution in [0, 0.1) is 0 Å². The maximum Gasteiger partial charge on any atom is 0.425 e. The van der Waals surface area contributed by atoms with Gasteiger partial charge in [-0.15, -0.1) is 0 Å². The number of hydrogen-bond donors (Lipinski definition) is 2. The molecule has 0 radical (unpaired) electrons. The molecule has 0 spiro atoms. The molecule has 2 nitrogen and oxygen atoms in total. The molecule has 0 amide bonds. The fourth-order valence-corrected chi connectivity index (χ4v) is 1.90. The van der Waals surface area contributed by atoms with E-state index in [-0.39, 0.29) is 18.6 Å². The van der Waals surface area contributed by atoms with Crippen LogP contribution in [0.15, 0.2) is 54.6 Å². The van der Waals surface area contributed by atoms with Gasteiger partial charge in [0.15, 0.2) is 0 Å². The average Bonchev–Trinajstić information content (AvgIpc) is 2.38. The van der Waals surface area contributed by atoms with Crippen LogP contribution in [0.5, 0.6) is 0 Å². The maximum absolute atomic E-state index is 13.3. The predicted octanol–water partition coefficient (Wildman–Crippen LogP) is 3.70. The summed E-state index contributed by atoms with van der Waals surface area (Å²) in [5.74, 6) is 0. The zero-order valence-electron chi connectivity index (χ0n) is 9.85. The molecule has 0 aliphatic carbocycles. The molecule has 5 heteroatoms. The molecule has 1 unspecified atom stereocenters. The van der Waals surface area contributed by atoms with Crippen molar-refractivity contribution in [3.63, 3.8) is 0 Å². The van der Waals surface area contributed by atoms with E-state index in [0.29, 0.717) is 5.69 Å². The highest BCUT2D eigenvalue weighted by atomic mass is 19.4. The number of hydrogen-bond acceptors (Lipinski definition) is 2.